The second kappa shape index (κ2) is 14.0. The molecule has 0 aromatic heterocycles. The van der Waals surface area contributed by atoms with Gasteiger partial charge in [0.15, 0.2) is 5.34 Å². The van der Waals surface area contributed by atoms with E-state index in [0.29, 0.717) is 0 Å². The van der Waals surface area contributed by atoms with Gasteiger partial charge in [0.2, 0.25) is 0 Å². The van der Waals surface area contributed by atoms with Crippen molar-refractivity contribution in [1.29, 1.82) is 0 Å². The molecule has 0 bridgehead atoms. The van der Waals surface area contributed by atoms with Gasteiger partial charge in [-0.3, -0.25) is 5.26 Å². The lowest BCUT2D eigenvalue weighted by Crippen LogP contribution is -2.02. The van der Waals surface area contributed by atoms with Crippen LogP contribution in [0.25, 0.3) is 0 Å². The molecular formula is C15H25NO4. The van der Waals surface area contributed by atoms with Crippen molar-refractivity contribution in [2.75, 3.05) is 0 Å². The molecule has 0 fully saturated rings. The Balaban J connectivity index is 0.000000367. The summed E-state index contributed by atoms with van der Waals surface area (Å²) in [5.41, 5.74) is 0.972. The predicted octanol–water partition coefficient (Wildman–Crippen LogP) is 4.72. The summed E-state index contributed by atoms with van der Waals surface area (Å²) in [5.74, 6) is 0. The quantitative estimate of drug-likeness (QED) is 0.308. The molecule has 0 aliphatic rings. The largest absolute Gasteiger partial charge is 0.361 e. The number of benzene rings is 1. The first kappa shape index (κ1) is 18.5. The van der Waals surface area contributed by atoms with Crippen molar-refractivity contribution in [3.8, 4) is 0 Å². The molecule has 0 saturated carbocycles. The zero-order chi connectivity index (χ0) is 15.1. The van der Waals surface area contributed by atoms with Gasteiger partial charge in [-0.25, -0.2) is 4.89 Å². The van der Waals surface area contributed by atoms with Gasteiger partial charge in [0.1, 0.15) is 12.7 Å². The third-order valence-electron chi connectivity index (χ3n) is 2.76. The van der Waals surface area contributed by atoms with Crippen molar-refractivity contribution < 1.29 is 15.0 Å². The van der Waals surface area contributed by atoms with E-state index in [2.05, 4.69) is 22.0 Å². The standard InChI is InChI=1S/C8H17NO2.C7H8O2/c1-3-4-5-6-7-8(2)11-9-10;8-9-6-7-4-2-1-3-5-7/h8H,3-7H2,1-2H3;1-5,8H,6H2. The number of unbranched alkanes of at least 4 members (excludes halogenated alkanes) is 3. The molecule has 0 spiro atoms. The van der Waals surface area contributed by atoms with Gasteiger partial charge in [-0.2, -0.15) is 0 Å². The fourth-order valence-corrected chi connectivity index (χ4v) is 1.63. The van der Waals surface area contributed by atoms with Crippen LogP contribution in [0.2, 0.25) is 0 Å². The highest BCUT2D eigenvalue weighted by molar-refractivity contribution is 5.13. The summed E-state index contributed by atoms with van der Waals surface area (Å²) in [7, 11) is 0. The topological polar surface area (TPSA) is 68.1 Å². The number of hydrogen-bond acceptors (Lipinski definition) is 5. The van der Waals surface area contributed by atoms with Gasteiger partial charge < -0.3 is 4.84 Å². The fraction of sp³-hybridized carbons (Fsp3) is 0.600. The Kier molecular flexibility index (Phi) is 12.9. The van der Waals surface area contributed by atoms with Crippen LogP contribution in [0.3, 0.4) is 0 Å². The highest BCUT2D eigenvalue weighted by Gasteiger charge is 2.00. The molecule has 1 N–H and O–H groups in total. The predicted molar refractivity (Wildman–Crippen MR) is 79.0 cm³/mol. The first-order valence-corrected chi connectivity index (χ1v) is 7.03. The highest BCUT2D eigenvalue weighted by Crippen LogP contribution is 2.07. The van der Waals surface area contributed by atoms with E-state index in [4.69, 9.17) is 5.26 Å². The van der Waals surface area contributed by atoms with E-state index in [1.807, 2.05) is 37.3 Å². The van der Waals surface area contributed by atoms with E-state index in [1.54, 1.807) is 0 Å². The van der Waals surface area contributed by atoms with Crippen molar-refractivity contribution in [1.82, 2.24) is 0 Å². The Morgan fingerprint density at radius 2 is 1.90 bits per heavy atom. The molecule has 0 saturated heterocycles. The SMILES string of the molecule is CCCCCCC(C)ON=O.OOCc1ccccc1. The lowest BCUT2D eigenvalue weighted by Gasteiger charge is -2.05. The maximum Gasteiger partial charge on any atom is 0.155 e. The Hall–Kier alpha value is -1.46. The van der Waals surface area contributed by atoms with Gasteiger partial charge in [-0.15, -0.1) is 4.91 Å². The average molecular weight is 283 g/mol. The molecule has 1 aromatic rings. The van der Waals surface area contributed by atoms with E-state index >= 15 is 0 Å². The van der Waals surface area contributed by atoms with Crippen molar-refractivity contribution in [3.63, 3.8) is 0 Å². The molecule has 0 radical (unpaired) electrons. The summed E-state index contributed by atoms with van der Waals surface area (Å²) >= 11 is 0. The van der Waals surface area contributed by atoms with Crippen molar-refractivity contribution >= 4 is 0 Å². The monoisotopic (exact) mass is 283 g/mol. The van der Waals surface area contributed by atoms with E-state index < -0.39 is 0 Å². The Bertz CT molecular complexity index is 319. The number of nitrogens with zero attached hydrogens (tertiary/aromatic N) is 1. The summed E-state index contributed by atoms with van der Waals surface area (Å²) < 4.78 is 0. The minimum Gasteiger partial charge on any atom is -0.361 e. The summed E-state index contributed by atoms with van der Waals surface area (Å²) in [6.07, 6.45) is 5.78. The summed E-state index contributed by atoms with van der Waals surface area (Å²) in [4.78, 5) is 18.1. The lowest BCUT2D eigenvalue weighted by molar-refractivity contribution is -0.253. The molecule has 114 valence electrons. The Labute approximate surface area is 120 Å². The molecule has 5 heteroatoms. The fourth-order valence-electron chi connectivity index (χ4n) is 1.63. The first-order valence-electron chi connectivity index (χ1n) is 7.03. The van der Waals surface area contributed by atoms with Gasteiger partial charge in [0.25, 0.3) is 0 Å². The zero-order valence-electron chi connectivity index (χ0n) is 12.3. The first-order chi connectivity index (χ1) is 9.74. The third-order valence-corrected chi connectivity index (χ3v) is 2.76. The number of rotatable bonds is 9. The smallest absolute Gasteiger partial charge is 0.155 e. The van der Waals surface area contributed by atoms with Crippen molar-refractivity contribution in [3.05, 3.63) is 40.8 Å². The second-order valence-electron chi connectivity index (χ2n) is 4.60. The second-order valence-corrected chi connectivity index (χ2v) is 4.60. The number of hydrogen-bond donors (Lipinski definition) is 1. The van der Waals surface area contributed by atoms with E-state index in [0.717, 1.165) is 18.4 Å². The van der Waals surface area contributed by atoms with Crippen LogP contribution >= 0.6 is 0 Å². The molecule has 5 nitrogen and oxygen atoms in total. The minimum absolute atomic E-state index is 0.00986. The van der Waals surface area contributed by atoms with Gasteiger partial charge in [0.05, 0.1) is 0 Å². The van der Waals surface area contributed by atoms with Crippen LogP contribution in [0.15, 0.2) is 35.7 Å². The van der Waals surface area contributed by atoms with Gasteiger partial charge in [0, 0.05) is 0 Å². The third kappa shape index (κ3) is 11.6. The molecule has 1 atom stereocenters. The van der Waals surface area contributed by atoms with Crippen LogP contribution in [0.4, 0.5) is 0 Å². The summed E-state index contributed by atoms with van der Waals surface area (Å²) in [6, 6.07) is 9.48. The van der Waals surface area contributed by atoms with Crippen LogP contribution in [0.1, 0.15) is 51.5 Å². The molecule has 1 unspecified atom stereocenters. The molecule has 1 rings (SSSR count). The molecule has 20 heavy (non-hydrogen) atoms. The highest BCUT2D eigenvalue weighted by atomic mass is 17.1. The van der Waals surface area contributed by atoms with Crippen LogP contribution in [0.5, 0.6) is 0 Å². The molecule has 1 aromatic carbocycles. The maximum absolute atomic E-state index is 9.63. The molecular weight excluding hydrogens is 258 g/mol. The van der Waals surface area contributed by atoms with Crippen molar-refractivity contribution in [2.45, 2.75) is 58.7 Å². The van der Waals surface area contributed by atoms with Crippen LogP contribution < -0.4 is 0 Å². The van der Waals surface area contributed by atoms with Gasteiger partial charge >= 0.3 is 0 Å². The average Bonchev–Trinajstić information content (AvgIpc) is 2.46. The lowest BCUT2D eigenvalue weighted by atomic mass is 10.1. The summed E-state index contributed by atoms with van der Waals surface area (Å²) in [5, 5.41) is 10.4. The van der Waals surface area contributed by atoms with Gasteiger partial charge in [-0.05, 0) is 25.3 Å². The minimum atomic E-state index is -0.00986. The normalized spacial score (nSPS) is 11.2. The Morgan fingerprint density at radius 3 is 2.45 bits per heavy atom. The van der Waals surface area contributed by atoms with Crippen LogP contribution in [-0.2, 0) is 16.3 Å². The summed E-state index contributed by atoms with van der Waals surface area (Å²) in [6.45, 7) is 4.31. The molecule has 0 aliphatic carbocycles. The zero-order valence-corrected chi connectivity index (χ0v) is 12.3. The maximum atomic E-state index is 9.63. The van der Waals surface area contributed by atoms with E-state index in [-0.39, 0.29) is 12.7 Å². The molecule has 0 heterocycles. The molecule has 0 amide bonds. The van der Waals surface area contributed by atoms with E-state index in [1.165, 1.54) is 19.3 Å². The Morgan fingerprint density at radius 1 is 1.20 bits per heavy atom. The van der Waals surface area contributed by atoms with Crippen LogP contribution in [-0.4, -0.2) is 11.4 Å². The van der Waals surface area contributed by atoms with E-state index in [9.17, 15) is 4.91 Å². The van der Waals surface area contributed by atoms with Crippen LogP contribution in [0, 0.1) is 4.91 Å². The molecule has 0 aliphatic heterocycles. The van der Waals surface area contributed by atoms with Crippen molar-refractivity contribution in [2.24, 2.45) is 5.34 Å². The van der Waals surface area contributed by atoms with Gasteiger partial charge in [-0.1, -0.05) is 56.5 Å².